The molecular formula is C21H24N2. The van der Waals surface area contributed by atoms with Crippen molar-refractivity contribution in [2.24, 2.45) is 5.92 Å². The molecule has 2 heteroatoms. The highest BCUT2D eigenvalue weighted by Gasteiger charge is 2.10. The fourth-order valence-corrected chi connectivity index (χ4v) is 3.05. The van der Waals surface area contributed by atoms with Gasteiger partial charge in [-0.3, -0.25) is 0 Å². The van der Waals surface area contributed by atoms with Crippen LogP contribution in [0.25, 0.3) is 0 Å². The summed E-state index contributed by atoms with van der Waals surface area (Å²) in [5.41, 5.74) is 2.87. The summed E-state index contributed by atoms with van der Waals surface area (Å²) in [5, 5.41) is 0. The van der Waals surface area contributed by atoms with Crippen LogP contribution in [-0.2, 0) is 19.4 Å². The standard InChI is InChI=1S/C21H24N2/c1-3-7-19(8-4-1)11-13-21(17-23-16-15-22-18-23)14-12-20-9-5-2-6-10-20/h1-10,15-16,18,21H,11-14,17H2. The van der Waals surface area contributed by atoms with Gasteiger partial charge in [0.15, 0.2) is 0 Å². The summed E-state index contributed by atoms with van der Waals surface area (Å²) in [4.78, 5) is 4.17. The van der Waals surface area contributed by atoms with Gasteiger partial charge in [-0.1, -0.05) is 60.7 Å². The third-order valence-corrected chi connectivity index (χ3v) is 4.40. The molecule has 2 aromatic carbocycles. The molecule has 0 unspecified atom stereocenters. The van der Waals surface area contributed by atoms with Gasteiger partial charge in [-0.05, 0) is 42.7 Å². The second kappa shape index (κ2) is 8.33. The van der Waals surface area contributed by atoms with Crippen LogP contribution in [0.5, 0.6) is 0 Å². The first-order chi connectivity index (χ1) is 11.4. The Labute approximate surface area is 138 Å². The van der Waals surface area contributed by atoms with Crippen LogP contribution in [0.15, 0.2) is 79.4 Å². The minimum absolute atomic E-state index is 0.671. The second-order valence-corrected chi connectivity index (χ2v) is 6.17. The Morgan fingerprint density at radius 3 is 1.83 bits per heavy atom. The monoisotopic (exact) mass is 304 g/mol. The molecule has 0 aliphatic rings. The van der Waals surface area contributed by atoms with Gasteiger partial charge in [0.1, 0.15) is 0 Å². The van der Waals surface area contributed by atoms with E-state index < -0.39 is 0 Å². The highest BCUT2D eigenvalue weighted by atomic mass is 15.0. The molecule has 3 rings (SSSR count). The summed E-state index contributed by atoms with van der Waals surface area (Å²) in [6.45, 7) is 1.06. The van der Waals surface area contributed by atoms with E-state index in [4.69, 9.17) is 0 Å². The molecule has 0 saturated heterocycles. The fourth-order valence-electron chi connectivity index (χ4n) is 3.05. The summed E-state index contributed by atoms with van der Waals surface area (Å²) in [6.07, 6.45) is 10.6. The number of rotatable bonds is 8. The van der Waals surface area contributed by atoms with Gasteiger partial charge in [0.2, 0.25) is 0 Å². The number of nitrogens with zero attached hydrogens (tertiary/aromatic N) is 2. The molecule has 0 spiro atoms. The fraction of sp³-hybridized carbons (Fsp3) is 0.286. The molecule has 23 heavy (non-hydrogen) atoms. The van der Waals surface area contributed by atoms with E-state index in [1.807, 2.05) is 12.5 Å². The molecular weight excluding hydrogens is 280 g/mol. The van der Waals surface area contributed by atoms with E-state index in [0.29, 0.717) is 5.92 Å². The Morgan fingerprint density at radius 1 is 0.783 bits per heavy atom. The Kier molecular flexibility index (Phi) is 5.63. The van der Waals surface area contributed by atoms with Crippen molar-refractivity contribution in [2.45, 2.75) is 32.2 Å². The van der Waals surface area contributed by atoms with Crippen molar-refractivity contribution in [3.63, 3.8) is 0 Å². The first-order valence-electron chi connectivity index (χ1n) is 8.44. The van der Waals surface area contributed by atoms with Crippen molar-refractivity contribution in [1.82, 2.24) is 9.55 Å². The zero-order valence-electron chi connectivity index (χ0n) is 13.5. The molecule has 0 bridgehead atoms. The van der Waals surface area contributed by atoms with Gasteiger partial charge in [0.05, 0.1) is 6.33 Å². The molecule has 0 N–H and O–H groups in total. The molecule has 0 fully saturated rings. The van der Waals surface area contributed by atoms with Crippen LogP contribution >= 0.6 is 0 Å². The van der Waals surface area contributed by atoms with E-state index in [-0.39, 0.29) is 0 Å². The summed E-state index contributed by atoms with van der Waals surface area (Å²) in [5.74, 6) is 0.671. The Morgan fingerprint density at radius 2 is 1.35 bits per heavy atom. The van der Waals surface area contributed by atoms with Gasteiger partial charge in [-0.2, -0.15) is 0 Å². The number of hydrogen-bond donors (Lipinski definition) is 0. The summed E-state index contributed by atoms with van der Waals surface area (Å²) in [6, 6.07) is 21.6. The van der Waals surface area contributed by atoms with Crippen LogP contribution in [0.1, 0.15) is 24.0 Å². The van der Waals surface area contributed by atoms with Crippen molar-refractivity contribution in [2.75, 3.05) is 0 Å². The lowest BCUT2D eigenvalue weighted by Gasteiger charge is -2.18. The normalized spacial score (nSPS) is 11.0. The smallest absolute Gasteiger partial charge is 0.0945 e. The zero-order valence-corrected chi connectivity index (χ0v) is 13.5. The molecule has 0 amide bonds. The number of imidazole rings is 1. The van der Waals surface area contributed by atoms with Gasteiger partial charge < -0.3 is 4.57 Å². The molecule has 1 aromatic heterocycles. The highest BCUT2D eigenvalue weighted by Crippen LogP contribution is 2.18. The Balaban J connectivity index is 1.58. The molecule has 0 aliphatic carbocycles. The molecule has 118 valence electrons. The van der Waals surface area contributed by atoms with Crippen LogP contribution in [0, 0.1) is 5.92 Å². The number of aromatic nitrogens is 2. The zero-order chi connectivity index (χ0) is 15.7. The van der Waals surface area contributed by atoms with Crippen LogP contribution < -0.4 is 0 Å². The van der Waals surface area contributed by atoms with E-state index in [1.165, 1.54) is 24.0 Å². The molecule has 0 radical (unpaired) electrons. The van der Waals surface area contributed by atoms with Crippen molar-refractivity contribution in [3.8, 4) is 0 Å². The molecule has 3 aromatic rings. The Hall–Kier alpha value is -2.35. The maximum absolute atomic E-state index is 4.17. The van der Waals surface area contributed by atoms with Gasteiger partial charge in [0, 0.05) is 18.9 Å². The third kappa shape index (κ3) is 5.10. The van der Waals surface area contributed by atoms with Crippen LogP contribution in [0.4, 0.5) is 0 Å². The first kappa shape index (κ1) is 15.5. The Bertz CT molecular complexity index is 616. The SMILES string of the molecule is c1ccc(CCC(CCc2ccccc2)Cn2ccnc2)cc1. The average molecular weight is 304 g/mol. The lowest BCUT2D eigenvalue weighted by molar-refractivity contribution is 0.388. The van der Waals surface area contributed by atoms with Gasteiger partial charge >= 0.3 is 0 Å². The summed E-state index contributed by atoms with van der Waals surface area (Å²) < 4.78 is 2.21. The molecule has 0 atom stereocenters. The van der Waals surface area contributed by atoms with Crippen molar-refractivity contribution >= 4 is 0 Å². The highest BCUT2D eigenvalue weighted by molar-refractivity contribution is 5.16. The van der Waals surface area contributed by atoms with Gasteiger partial charge in [-0.25, -0.2) is 4.98 Å². The topological polar surface area (TPSA) is 17.8 Å². The minimum Gasteiger partial charge on any atom is -0.337 e. The van der Waals surface area contributed by atoms with Gasteiger partial charge in [0.25, 0.3) is 0 Å². The van der Waals surface area contributed by atoms with E-state index in [1.54, 1.807) is 0 Å². The molecule has 1 heterocycles. The maximum Gasteiger partial charge on any atom is 0.0945 e. The largest absolute Gasteiger partial charge is 0.337 e. The summed E-state index contributed by atoms with van der Waals surface area (Å²) in [7, 11) is 0. The predicted molar refractivity (Wildman–Crippen MR) is 95.2 cm³/mol. The molecule has 2 nitrogen and oxygen atoms in total. The van der Waals surface area contributed by atoms with Gasteiger partial charge in [-0.15, -0.1) is 0 Å². The second-order valence-electron chi connectivity index (χ2n) is 6.17. The number of hydrogen-bond acceptors (Lipinski definition) is 1. The van der Waals surface area contributed by atoms with Crippen LogP contribution in [0.2, 0.25) is 0 Å². The molecule has 0 saturated carbocycles. The van der Waals surface area contributed by atoms with Crippen molar-refractivity contribution < 1.29 is 0 Å². The van der Waals surface area contributed by atoms with E-state index >= 15 is 0 Å². The average Bonchev–Trinajstić information content (AvgIpc) is 3.12. The van der Waals surface area contributed by atoms with Crippen molar-refractivity contribution in [3.05, 3.63) is 90.5 Å². The predicted octanol–water partition coefficient (Wildman–Crippen LogP) is 4.76. The lowest BCUT2D eigenvalue weighted by atomic mass is 9.93. The lowest BCUT2D eigenvalue weighted by Crippen LogP contribution is -2.12. The van der Waals surface area contributed by atoms with E-state index in [2.05, 4.69) is 76.4 Å². The molecule has 0 aliphatic heterocycles. The van der Waals surface area contributed by atoms with E-state index in [9.17, 15) is 0 Å². The van der Waals surface area contributed by atoms with E-state index in [0.717, 1.165) is 19.4 Å². The van der Waals surface area contributed by atoms with Crippen LogP contribution in [0.3, 0.4) is 0 Å². The maximum atomic E-state index is 4.17. The minimum atomic E-state index is 0.671. The quantitative estimate of drug-likeness (QED) is 0.586. The van der Waals surface area contributed by atoms with Crippen LogP contribution in [-0.4, -0.2) is 9.55 Å². The first-order valence-corrected chi connectivity index (χ1v) is 8.44. The number of aryl methyl sites for hydroxylation is 2. The third-order valence-electron chi connectivity index (χ3n) is 4.40. The number of benzene rings is 2. The summed E-state index contributed by atoms with van der Waals surface area (Å²) >= 11 is 0. The van der Waals surface area contributed by atoms with Crippen molar-refractivity contribution in [1.29, 1.82) is 0 Å².